The van der Waals surface area contributed by atoms with Gasteiger partial charge in [-0.3, -0.25) is 4.79 Å². The molecule has 0 bridgehead atoms. The highest BCUT2D eigenvalue weighted by atomic mass is 16.2. The van der Waals surface area contributed by atoms with Crippen molar-refractivity contribution in [1.82, 2.24) is 19.9 Å². The van der Waals surface area contributed by atoms with Crippen molar-refractivity contribution in [3.8, 4) is 5.69 Å². The fraction of sp³-hybridized carbons (Fsp3) is 0.308. The van der Waals surface area contributed by atoms with Crippen molar-refractivity contribution in [1.29, 1.82) is 0 Å². The number of nitrogens with zero attached hydrogens (tertiary/aromatic N) is 4. The fourth-order valence-electron chi connectivity index (χ4n) is 1.59. The third-order valence-corrected chi connectivity index (χ3v) is 3.02. The lowest BCUT2D eigenvalue weighted by Gasteiger charge is -2.22. The van der Waals surface area contributed by atoms with E-state index < -0.39 is 0 Å². The standard InChI is InChI=1S/C13H17N5O/c1-10(8-14)17(2)13(19)12-9-15-18(16-12)11-6-4-3-5-7-11/h3-7,9-10H,8,14H2,1-2H3. The Kier molecular flexibility index (Phi) is 3.91. The minimum Gasteiger partial charge on any atom is -0.336 e. The Morgan fingerprint density at radius 3 is 2.74 bits per heavy atom. The molecule has 0 radical (unpaired) electrons. The lowest BCUT2D eigenvalue weighted by Crippen LogP contribution is -2.39. The highest BCUT2D eigenvalue weighted by molar-refractivity contribution is 5.91. The van der Waals surface area contributed by atoms with Crippen LogP contribution < -0.4 is 5.73 Å². The first-order valence-electron chi connectivity index (χ1n) is 6.08. The van der Waals surface area contributed by atoms with Crippen LogP contribution in [0.2, 0.25) is 0 Å². The molecule has 1 heterocycles. The molecule has 100 valence electrons. The topological polar surface area (TPSA) is 77.0 Å². The smallest absolute Gasteiger partial charge is 0.276 e. The summed E-state index contributed by atoms with van der Waals surface area (Å²) < 4.78 is 0. The summed E-state index contributed by atoms with van der Waals surface area (Å²) in [6, 6.07) is 9.41. The third-order valence-electron chi connectivity index (χ3n) is 3.02. The minimum absolute atomic E-state index is 0.0330. The van der Waals surface area contributed by atoms with Crippen LogP contribution in [0, 0.1) is 0 Å². The van der Waals surface area contributed by atoms with Crippen molar-refractivity contribution >= 4 is 5.91 Å². The monoisotopic (exact) mass is 259 g/mol. The number of carbonyl (C=O) groups is 1. The minimum atomic E-state index is -0.180. The number of nitrogens with two attached hydrogens (primary N) is 1. The molecular formula is C13H17N5O. The van der Waals surface area contributed by atoms with Gasteiger partial charge in [0.05, 0.1) is 11.9 Å². The number of carbonyl (C=O) groups excluding carboxylic acids is 1. The van der Waals surface area contributed by atoms with Gasteiger partial charge in [-0.2, -0.15) is 9.90 Å². The van der Waals surface area contributed by atoms with Crippen molar-refractivity contribution in [3.63, 3.8) is 0 Å². The van der Waals surface area contributed by atoms with E-state index in [1.807, 2.05) is 37.3 Å². The van der Waals surface area contributed by atoms with Gasteiger partial charge in [-0.25, -0.2) is 0 Å². The Labute approximate surface area is 111 Å². The zero-order valence-corrected chi connectivity index (χ0v) is 11.0. The Hall–Kier alpha value is -2.21. The number of benzene rings is 1. The second kappa shape index (κ2) is 5.62. The molecule has 2 N–H and O–H groups in total. The number of hydrogen-bond acceptors (Lipinski definition) is 4. The van der Waals surface area contributed by atoms with E-state index >= 15 is 0 Å². The first-order valence-corrected chi connectivity index (χ1v) is 6.08. The van der Waals surface area contributed by atoms with Crippen molar-refractivity contribution in [2.75, 3.05) is 13.6 Å². The Morgan fingerprint density at radius 2 is 2.11 bits per heavy atom. The number of aromatic nitrogens is 3. The number of hydrogen-bond donors (Lipinski definition) is 1. The Balaban J connectivity index is 2.20. The maximum absolute atomic E-state index is 12.1. The summed E-state index contributed by atoms with van der Waals surface area (Å²) in [5.41, 5.74) is 6.68. The van der Waals surface area contributed by atoms with Gasteiger partial charge in [0.2, 0.25) is 0 Å². The number of para-hydroxylation sites is 1. The van der Waals surface area contributed by atoms with Crippen LogP contribution in [0.4, 0.5) is 0 Å². The summed E-state index contributed by atoms with van der Waals surface area (Å²) in [6.45, 7) is 2.30. The zero-order valence-electron chi connectivity index (χ0n) is 11.0. The van der Waals surface area contributed by atoms with Crippen molar-refractivity contribution < 1.29 is 4.79 Å². The summed E-state index contributed by atoms with van der Waals surface area (Å²) >= 11 is 0. The average molecular weight is 259 g/mol. The molecule has 0 fully saturated rings. The molecule has 0 aliphatic carbocycles. The number of amides is 1. The summed E-state index contributed by atoms with van der Waals surface area (Å²) in [7, 11) is 1.71. The molecule has 1 amide bonds. The van der Waals surface area contributed by atoms with Crippen LogP contribution in [0.5, 0.6) is 0 Å². The van der Waals surface area contributed by atoms with Crippen LogP contribution in [-0.4, -0.2) is 45.4 Å². The van der Waals surface area contributed by atoms with E-state index in [2.05, 4.69) is 10.2 Å². The van der Waals surface area contributed by atoms with Gasteiger partial charge in [0.15, 0.2) is 5.69 Å². The van der Waals surface area contributed by atoms with E-state index in [0.717, 1.165) is 5.69 Å². The summed E-state index contributed by atoms with van der Waals surface area (Å²) in [6.07, 6.45) is 1.47. The molecule has 2 rings (SSSR count). The lowest BCUT2D eigenvalue weighted by atomic mass is 10.3. The van der Waals surface area contributed by atoms with Crippen LogP contribution >= 0.6 is 0 Å². The van der Waals surface area contributed by atoms with E-state index in [9.17, 15) is 4.79 Å². The Bertz CT molecular complexity index is 551. The lowest BCUT2D eigenvalue weighted by molar-refractivity contribution is 0.0742. The molecule has 19 heavy (non-hydrogen) atoms. The van der Waals surface area contributed by atoms with E-state index in [1.165, 1.54) is 11.0 Å². The molecule has 0 saturated heterocycles. The summed E-state index contributed by atoms with van der Waals surface area (Å²) in [5, 5.41) is 8.29. The molecule has 1 unspecified atom stereocenters. The molecular weight excluding hydrogens is 242 g/mol. The molecule has 6 nitrogen and oxygen atoms in total. The molecule has 0 aliphatic heterocycles. The van der Waals surface area contributed by atoms with Crippen LogP contribution in [0.25, 0.3) is 5.69 Å². The number of rotatable bonds is 4. The molecule has 2 aromatic rings. The van der Waals surface area contributed by atoms with Gasteiger partial charge in [0, 0.05) is 19.6 Å². The van der Waals surface area contributed by atoms with Crippen molar-refractivity contribution in [2.24, 2.45) is 5.73 Å². The molecule has 0 aliphatic rings. The molecule has 1 atom stereocenters. The predicted octanol–water partition coefficient (Wildman–Crippen LogP) is 0.686. The normalized spacial score (nSPS) is 12.2. The van der Waals surface area contributed by atoms with E-state index in [4.69, 9.17) is 5.73 Å². The third kappa shape index (κ3) is 2.79. The average Bonchev–Trinajstić information content (AvgIpc) is 2.95. The van der Waals surface area contributed by atoms with Crippen molar-refractivity contribution in [2.45, 2.75) is 13.0 Å². The first-order chi connectivity index (χ1) is 9.13. The second-order valence-corrected chi connectivity index (χ2v) is 4.36. The molecule has 1 aromatic carbocycles. The fourth-order valence-corrected chi connectivity index (χ4v) is 1.59. The van der Waals surface area contributed by atoms with Gasteiger partial charge in [-0.1, -0.05) is 18.2 Å². The van der Waals surface area contributed by atoms with Crippen molar-refractivity contribution in [3.05, 3.63) is 42.2 Å². The predicted molar refractivity (Wildman–Crippen MR) is 72.0 cm³/mol. The maximum Gasteiger partial charge on any atom is 0.276 e. The van der Waals surface area contributed by atoms with Gasteiger partial charge in [-0.05, 0) is 19.1 Å². The molecule has 1 aromatic heterocycles. The van der Waals surface area contributed by atoms with E-state index in [1.54, 1.807) is 11.9 Å². The zero-order chi connectivity index (χ0) is 13.8. The van der Waals surface area contributed by atoms with Crippen LogP contribution in [0.15, 0.2) is 36.5 Å². The van der Waals surface area contributed by atoms with E-state index in [0.29, 0.717) is 12.2 Å². The summed E-state index contributed by atoms with van der Waals surface area (Å²) in [4.78, 5) is 15.2. The highest BCUT2D eigenvalue weighted by Crippen LogP contribution is 2.07. The summed E-state index contributed by atoms with van der Waals surface area (Å²) in [5.74, 6) is -0.180. The number of likely N-dealkylation sites (N-methyl/N-ethyl adjacent to an activating group) is 1. The highest BCUT2D eigenvalue weighted by Gasteiger charge is 2.19. The van der Waals surface area contributed by atoms with Gasteiger partial charge < -0.3 is 10.6 Å². The van der Waals surface area contributed by atoms with Crippen LogP contribution in [0.3, 0.4) is 0 Å². The van der Waals surface area contributed by atoms with Gasteiger partial charge >= 0.3 is 0 Å². The van der Waals surface area contributed by atoms with E-state index in [-0.39, 0.29) is 11.9 Å². The SMILES string of the molecule is CC(CN)N(C)C(=O)c1cnn(-c2ccccc2)n1. The van der Waals surface area contributed by atoms with Gasteiger partial charge in [0.1, 0.15) is 0 Å². The van der Waals surface area contributed by atoms with Gasteiger partial charge in [-0.15, -0.1) is 5.10 Å². The van der Waals surface area contributed by atoms with Crippen LogP contribution in [0.1, 0.15) is 17.4 Å². The largest absolute Gasteiger partial charge is 0.336 e. The second-order valence-electron chi connectivity index (χ2n) is 4.36. The molecule has 0 spiro atoms. The maximum atomic E-state index is 12.1. The molecule has 0 saturated carbocycles. The van der Waals surface area contributed by atoms with Gasteiger partial charge in [0.25, 0.3) is 5.91 Å². The Morgan fingerprint density at radius 1 is 1.42 bits per heavy atom. The molecule has 6 heteroatoms. The van der Waals surface area contributed by atoms with Crippen LogP contribution in [-0.2, 0) is 0 Å². The first kappa shape index (κ1) is 13.2. The quantitative estimate of drug-likeness (QED) is 0.876.